The normalized spacial score (nSPS) is 20.9. The molecule has 132 valence electrons. The second-order valence-corrected chi connectivity index (χ2v) is 7.21. The van der Waals surface area contributed by atoms with Crippen LogP contribution in [-0.2, 0) is 6.54 Å². The minimum Gasteiger partial charge on any atom is -0.493 e. The Morgan fingerprint density at radius 1 is 1.35 bits per heavy atom. The van der Waals surface area contributed by atoms with Crippen molar-refractivity contribution < 1.29 is 9.47 Å². The van der Waals surface area contributed by atoms with Crippen molar-refractivity contribution in [2.75, 3.05) is 20.2 Å². The first kappa shape index (κ1) is 20.1. The molecule has 0 bridgehead atoms. The van der Waals surface area contributed by atoms with Crippen molar-refractivity contribution in [3.8, 4) is 11.5 Å². The highest BCUT2D eigenvalue weighted by Gasteiger charge is 2.33. The van der Waals surface area contributed by atoms with Crippen molar-refractivity contribution in [2.45, 2.75) is 52.8 Å². The van der Waals surface area contributed by atoms with Gasteiger partial charge in [0, 0.05) is 31.2 Å². The van der Waals surface area contributed by atoms with Crippen molar-refractivity contribution in [1.82, 2.24) is 4.90 Å². The van der Waals surface area contributed by atoms with Gasteiger partial charge in [-0.15, -0.1) is 12.4 Å². The maximum absolute atomic E-state index is 6.24. The van der Waals surface area contributed by atoms with Crippen molar-refractivity contribution in [2.24, 2.45) is 11.1 Å². The number of para-hydroxylation sites is 1. The number of benzene rings is 1. The number of methoxy groups -OCH3 is 1. The Hall–Kier alpha value is -0.970. The van der Waals surface area contributed by atoms with Gasteiger partial charge in [0.15, 0.2) is 11.5 Å². The van der Waals surface area contributed by atoms with Crippen LogP contribution < -0.4 is 15.2 Å². The van der Waals surface area contributed by atoms with E-state index in [4.69, 9.17) is 15.2 Å². The number of piperidine rings is 1. The number of halogens is 1. The molecule has 0 aromatic heterocycles. The van der Waals surface area contributed by atoms with Crippen LogP contribution in [0.4, 0.5) is 0 Å². The predicted octanol–water partition coefficient (Wildman–Crippen LogP) is 3.46. The third-order valence-corrected chi connectivity index (χ3v) is 4.42. The summed E-state index contributed by atoms with van der Waals surface area (Å²) in [5, 5.41) is 0. The molecule has 1 heterocycles. The van der Waals surface area contributed by atoms with E-state index in [1.807, 2.05) is 26.0 Å². The van der Waals surface area contributed by atoms with E-state index in [-0.39, 0.29) is 30.0 Å². The van der Waals surface area contributed by atoms with Crippen LogP contribution in [-0.4, -0.2) is 37.2 Å². The molecule has 1 aliphatic heterocycles. The summed E-state index contributed by atoms with van der Waals surface area (Å²) in [4.78, 5) is 2.46. The summed E-state index contributed by atoms with van der Waals surface area (Å²) in [6, 6.07) is 6.39. The molecule has 0 amide bonds. The van der Waals surface area contributed by atoms with E-state index in [1.165, 1.54) is 5.56 Å². The molecule has 4 nitrogen and oxygen atoms in total. The molecule has 2 N–H and O–H groups in total. The third kappa shape index (κ3) is 5.00. The van der Waals surface area contributed by atoms with Crippen LogP contribution >= 0.6 is 12.4 Å². The van der Waals surface area contributed by atoms with Crippen molar-refractivity contribution >= 4 is 12.4 Å². The van der Waals surface area contributed by atoms with Crippen LogP contribution in [0.25, 0.3) is 0 Å². The molecule has 5 heteroatoms. The fourth-order valence-electron chi connectivity index (χ4n) is 3.08. The maximum Gasteiger partial charge on any atom is 0.166 e. The Labute approximate surface area is 146 Å². The molecule has 0 saturated carbocycles. The number of ether oxygens (including phenoxy) is 2. The van der Waals surface area contributed by atoms with E-state index in [1.54, 1.807) is 7.11 Å². The van der Waals surface area contributed by atoms with Gasteiger partial charge in [-0.25, -0.2) is 0 Å². The molecule has 0 aliphatic carbocycles. The summed E-state index contributed by atoms with van der Waals surface area (Å²) in [6.07, 6.45) is 1.17. The second kappa shape index (κ2) is 8.22. The lowest BCUT2D eigenvalue weighted by atomic mass is 9.79. The van der Waals surface area contributed by atoms with Gasteiger partial charge in [-0.1, -0.05) is 26.0 Å². The van der Waals surface area contributed by atoms with E-state index in [9.17, 15) is 0 Å². The van der Waals surface area contributed by atoms with Gasteiger partial charge >= 0.3 is 0 Å². The first-order valence-electron chi connectivity index (χ1n) is 8.14. The molecular formula is C18H31ClN2O2. The fraction of sp³-hybridized carbons (Fsp3) is 0.667. The zero-order valence-electron chi connectivity index (χ0n) is 15.0. The average molecular weight is 343 g/mol. The molecular weight excluding hydrogens is 312 g/mol. The van der Waals surface area contributed by atoms with Crippen LogP contribution in [0.1, 0.15) is 39.7 Å². The summed E-state index contributed by atoms with van der Waals surface area (Å²) in [7, 11) is 1.69. The highest BCUT2D eigenvalue weighted by atomic mass is 35.5. The van der Waals surface area contributed by atoms with Gasteiger partial charge in [-0.05, 0) is 31.7 Å². The molecule has 1 saturated heterocycles. The molecule has 0 spiro atoms. The van der Waals surface area contributed by atoms with E-state index < -0.39 is 0 Å². The third-order valence-electron chi connectivity index (χ3n) is 4.42. The summed E-state index contributed by atoms with van der Waals surface area (Å²) >= 11 is 0. The highest BCUT2D eigenvalue weighted by molar-refractivity contribution is 5.85. The van der Waals surface area contributed by atoms with Crippen molar-refractivity contribution in [3.05, 3.63) is 23.8 Å². The van der Waals surface area contributed by atoms with Gasteiger partial charge in [0.05, 0.1) is 13.2 Å². The van der Waals surface area contributed by atoms with Gasteiger partial charge in [0.2, 0.25) is 0 Å². The smallest absolute Gasteiger partial charge is 0.166 e. The molecule has 23 heavy (non-hydrogen) atoms. The molecule has 1 fully saturated rings. The first-order chi connectivity index (χ1) is 10.3. The summed E-state index contributed by atoms with van der Waals surface area (Å²) < 4.78 is 11.5. The number of hydrogen-bond acceptors (Lipinski definition) is 4. The predicted molar refractivity (Wildman–Crippen MR) is 97.7 cm³/mol. The fourth-order valence-corrected chi connectivity index (χ4v) is 3.08. The highest BCUT2D eigenvalue weighted by Crippen LogP contribution is 2.35. The molecule has 1 aliphatic rings. The Bertz CT molecular complexity index is 506. The Balaban J connectivity index is 0.00000264. The van der Waals surface area contributed by atoms with E-state index in [0.717, 1.165) is 37.6 Å². The molecule has 0 radical (unpaired) electrons. The Kier molecular flexibility index (Phi) is 7.18. The van der Waals surface area contributed by atoms with Gasteiger partial charge < -0.3 is 15.2 Å². The lowest BCUT2D eigenvalue weighted by molar-refractivity contribution is 0.0884. The number of likely N-dealkylation sites (tertiary alicyclic amines) is 1. The van der Waals surface area contributed by atoms with Crippen LogP contribution in [0.5, 0.6) is 11.5 Å². The lowest BCUT2D eigenvalue weighted by Crippen LogP contribution is -2.52. The largest absolute Gasteiger partial charge is 0.493 e. The number of nitrogens with zero attached hydrogens (tertiary/aromatic N) is 1. The number of hydrogen-bond donors (Lipinski definition) is 1. The monoisotopic (exact) mass is 342 g/mol. The topological polar surface area (TPSA) is 47.7 Å². The van der Waals surface area contributed by atoms with Crippen LogP contribution in [0.15, 0.2) is 18.2 Å². The lowest BCUT2D eigenvalue weighted by Gasteiger charge is -2.42. The zero-order chi connectivity index (χ0) is 16.3. The first-order valence-corrected chi connectivity index (χ1v) is 8.14. The van der Waals surface area contributed by atoms with Crippen LogP contribution in [0.2, 0.25) is 0 Å². The standard InChI is InChI=1S/C18H30N2O2.ClH/c1-13(2)22-17-14(7-6-8-15(17)21-5)11-20-10-9-16(19)18(3,4)12-20;/h6-8,13,16H,9-12,19H2,1-5H3;1H. The summed E-state index contributed by atoms with van der Waals surface area (Å²) in [5.41, 5.74) is 7.57. The number of rotatable bonds is 5. The quantitative estimate of drug-likeness (QED) is 0.890. The average Bonchev–Trinajstić information content (AvgIpc) is 2.44. The molecule has 2 rings (SSSR count). The second-order valence-electron chi connectivity index (χ2n) is 7.21. The van der Waals surface area contributed by atoms with Gasteiger partial charge in [-0.2, -0.15) is 0 Å². The Morgan fingerprint density at radius 3 is 2.61 bits per heavy atom. The van der Waals surface area contributed by atoms with Crippen LogP contribution in [0, 0.1) is 5.41 Å². The minimum absolute atomic E-state index is 0. The van der Waals surface area contributed by atoms with E-state index in [2.05, 4.69) is 24.8 Å². The van der Waals surface area contributed by atoms with Gasteiger partial charge in [0.1, 0.15) is 0 Å². The van der Waals surface area contributed by atoms with Gasteiger partial charge in [-0.3, -0.25) is 4.90 Å². The molecule has 1 aromatic carbocycles. The van der Waals surface area contributed by atoms with E-state index >= 15 is 0 Å². The van der Waals surface area contributed by atoms with Gasteiger partial charge in [0.25, 0.3) is 0 Å². The molecule has 1 unspecified atom stereocenters. The zero-order valence-corrected chi connectivity index (χ0v) is 15.8. The molecule has 1 aromatic rings. The van der Waals surface area contributed by atoms with Crippen molar-refractivity contribution in [1.29, 1.82) is 0 Å². The minimum atomic E-state index is 0. The summed E-state index contributed by atoms with van der Waals surface area (Å²) in [5.74, 6) is 1.67. The SMILES string of the molecule is COc1cccc(CN2CCC(N)C(C)(C)C2)c1OC(C)C.Cl. The maximum atomic E-state index is 6.24. The van der Waals surface area contributed by atoms with Crippen molar-refractivity contribution in [3.63, 3.8) is 0 Å². The molecule has 1 atom stereocenters. The number of nitrogens with two attached hydrogens (primary N) is 1. The van der Waals surface area contributed by atoms with E-state index in [0.29, 0.717) is 0 Å². The summed E-state index contributed by atoms with van der Waals surface area (Å²) in [6.45, 7) is 11.5. The Morgan fingerprint density at radius 2 is 2.04 bits per heavy atom. The van der Waals surface area contributed by atoms with Crippen LogP contribution in [0.3, 0.4) is 0 Å².